The Balaban J connectivity index is 1.63. The number of benzene rings is 3. The zero-order valence-electron chi connectivity index (χ0n) is 25.7. The van der Waals surface area contributed by atoms with Gasteiger partial charge in [0.1, 0.15) is 0 Å². The molecular formula is C37H54BrNO. The second-order valence-electron chi connectivity index (χ2n) is 11.9. The van der Waals surface area contributed by atoms with Crippen molar-refractivity contribution in [3.63, 3.8) is 0 Å². The number of hydrogen-bond donors (Lipinski definition) is 0. The van der Waals surface area contributed by atoms with E-state index in [9.17, 15) is 4.79 Å². The fourth-order valence-electron chi connectivity index (χ4n) is 6.01. The number of Topliss-reactive ketones (excluding diaryl/α,β-unsaturated/α-hetero) is 1. The molecule has 0 aliphatic carbocycles. The van der Waals surface area contributed by atoms with Gasteiger partial charge in [0.25, 0.3) is 0 Å². The molecule has 0 fully saturated rings. The summed E-state index contributed by atoms with van der Waals surface area (Å²) in [5.74, 6) is 0.257. The third kappa shape index (κ3) is 10.3. The van der Waals surface area contributed by atoms with Crippen molar-refractivity contribution in [2.45, 2.75) is 130 Å². The van der Waals surface area contributed by atoms with E-state index in [4.69, 9.17) is 0 Å². The first-order chi connectivity index (χ1) is 19.6. The number of rotatable bonds is 21. The largest absolute Gasteiger partial charge is 0.294 e. The molecule has 0 amide bonds. The molecule has 40 heavy (non-hydrogen) atoms. The molecule has 0 radical (unpaired) electrons. The predicted molar refractivity (Wildman–Crippen MR) is 180 cm³/mol. The van der Waals surface area contributed by atoms with Crippen LogP contribution in [0.3, 0.4) is 0 Å². The Morgan fingerprint density at radius 2 is 1.15 bits per heavy atom. The number of carbonyl (C=O) groups is 1. The number of ketones is 1. The van der Waals surface area contributed by atoms with Crippen LogP contribution in [0.15, 0.2) is 53.0 Å². The van der Waals surface area contributed by atoms with Crippen molar-refractivity contribution in [3.05, 3.63) is 58.6 Å². The van der Waals surface area contributed by atoms with Gasteiger partial charge in [0, 0.05) is 10.0 Å². The lowest BCUT2D eigenvalue weighted by molar-refractivity contribution is 0.0832. The fourth-order valence-corrected chi connectivity index (χ4v) is 6.61. The molecule has 0 aliphatic heterocycles. The Kier molecular flexibility index (Phi) is 15.3. The van der Waals surface area contributed by atoms with Gasteiger partial charge in [0.2, 0.25) is 0 Å². The maximum Gasteiger partial charge on any atom is 0.179 e. The van der Waals surface area contributed by atoms with Crippen LogP contribution >= 0.6 is 15.9 Å². The van der Waals surface area contributed by atoms with Gasteiger partial charge >= 0.3 is 0 Å². The van der Waals surface area contributed by atoms with Crippen LogP contribution in [0.5, 0.6) is 0 Å². The number of fused-ring (bicyclic) bond motifs is 3. The number of nitrogens with zero attached hydrogens (tertiary/aromatic N) is 1. The molecule has 3 rings (SSSR count). The van der Waals surface area contributed by atoms with E-state index in [1.165, 1.54) is 119 Å². The van der Waals surface area contributed by atoms with Crippen LogP contribution in [0.25, 0.3) is 21.5 Å². The smallest absolute Gasteiger partial charge is 0.179 e. The maximum absolute atomic E-state index is 13.9. The van der Waals surface area contributed by atoms with Gasteiger partial charge in [0.05, 0.1) is 6.04 Å². The van der Waals surface area contributed by atoms with Crippen molar-refractivity contribution in [2.24, 2.45) is 0 Å². The molecule has 0 saturated carbocycles. The summed E-state index contributed by atoms with van der Waals surface area (Å²) in [5, 5.41) is 4.72. The average Bonchev–Trinajstić information content (AvgIpc) is 2.98. The highest BCUT2D eigenvalue weighted by molar-refractivity contribution is 9.10. The van der Waals surface area contributed by atoms with E-state index in [1.807, 2.05) is 6.07 Å². The Labute approximate surface area is 253 Å². The Morgan fingerprint density at radius 3 is 1.70 bits per heavy atom. The van der Waals surface area contributed by atoms with E-state index in [0.29, 0.717) is 0 Å². The van der Waals surface area contributed by atoms with Gasteiger partial charge in [-0.15, -0.1) is 0 Å². The van der Waals surface area contributed by atoms with Crippen LogP contribution < -0.4 is 0 Å². The summed E-state index contributed by atoms with van der Waals surface area (Å²) in [6.07, 6.45) is 21.2. The van der Waals surface area contributed by atoms with Gasteiger partial charge in [-0.25, -0.2) is 0 Å². The minimum absolute atomic E-state index is 0.0896. The van der Waals surface area contributed by atoms with Gasteiger partial charge in [-0.3, -0.25) is 9.69 Å². The summed E-state index contributed by atoms with van der Waals surface area (Å²) in [6, 6.07) is 16.8. The number of unbranched alkanes of at least 4 members (excludes halogenated alkanes) is 14. The van der Waals surface area contributed by atoms with Crippen LogP contribution in [-0.4, -0.2) is 29.8 Å². The average molecular weight is 609 g/mol. The van der Waals surface area contributed by atoms with Gasteiger partial charge in [0.15, 0.2) is 5.78 Å². The van der Waals surface area contributed by atoms with E-state index in [-0.39, 0.29) is 11.8 Å². The monoisotopic (exact) mass is 607 g/mol. The molecule has 0 saturated heterocycles. The maximum atomic E-state index is 13.9. The summed E-state index contributed by atoms with van der Waals surface area (Å²) in [4.78, 5) is 16.3. The van der Waals surface area contributed by atoms with E-state index < -0.39 is 0 Å². The number of hydrogen-bond acceptors (Lipinski definition) is 2. The third-order valence-corrected chi connectivity index (χ3v) is 9.28. The van der Waals surface area contributed by atoms with Gasteiger partial charge in [-0.2, -0.15) is 0 Å². The van der Waals surface area contributed by atoms with Gasteiger partial charge in [-0.1, -0.05) is 156 Å². The van der Waals surface area contributed by atoms with Crippen molar-refractivity contribution >= 4 is 43.3 Å². The zero-order valence-corrected chi connectivity index (χ0v) is 27.2. The van der Waals surface area contributed by atoms with Crippen molar-refractivity contribution in [1.82, 2.24) is 4.90 Å². The summed E-state index contributed by atoms with van der Waals surface area (Å²) in [6.45, 7) is 8.76. The lowest BCUT2D eigenvalue weighted by atomic mass is 9.96. The first kappa shape index (κ1) is 32.8. The molecule has 0 N–H and O–H groups in total. The third-order valence-electron chi connectivity index (χ3n) is 8.62. The normalized spacial score (nSPS) is 12.5. The van der Waals surface area contributed by atoms with Crippen LogP contribution in [0.4, 0.5) is 0 Å². The highest BCUT2D eigenvalue weighted by Crippen LogP contribution is 2.32. The van der Waals surface area contributed by atoms with E-state index in [1.54, 1.807) is 0 Å². The van der Waals surface area contributed by atoms with Crippen molar-refractivity contribution in [3.8, 4) is 0 Å². The van der Waals surface area contributed by atoms with Gasteiger partial charge in [-0.05, 0) is 66.5 Å². The molecule has 3 aromatic carbocycles. The molecule has 0 aromatic heterocycles. The predicted octanol–water partition coefficient (Wildman–Crippen LogP) is 11.9. The minimum atomic E-state index is -0.0896. The van der Waals surface area contributed by atoms with E-state index in [2.05, 4.69) is 84.1 Å². The minimum Gasteiger partial charge on any atom is -0.294 e. The first-order valence-electron chi connectivity index (χ1n) is 16.5. The number of carbonyl (C=O) groups excluding carboxylic acids is 1. The molecule has 0 unspecified atom stereocenters. The van der Waals surface area contributed by atoms with Crippen molar-refractivity contribution in [1.29, 1.82) is 0 Å². The SMILES string of the molecule is CCCCCCCCCCN(CCCCCCCCCC)[C@@H](C)C(=O)c1ccc2cc(Br)c3ccccc3c2c1. The molecule has 220 valence electrons. The standard InChI is InChI=1S/C37H54BrNO/c1-4-6-8-10-12-14-16-20-26-39(27-21-17-15-13-11-9-7-5-2)30(3)37(40)32-25-24-31-29-36(38)34-23-19-18-22-33(34)35(31)28-32/h18-19,22-25,28-30H,4-17,20-21,26-27H2,1-3H3/t30-/m0/s1. The first-order valence-corrected chi connectivity index (χ1v) is 17.2. The summed E-state index contributed by atoms with van der Waals surface area (Å²) < 4.78 is 1.10. The topological polar surface area (TPSA) is 20.3 Å². The highest BCUT2D eigenvalue weighted by Gasteiger charge is 2.22. The molecule has 0 bridgehead atoms. The molecule has 0 aliphatic rings. The molecule has 3 aromatic rings. The van der Waals surface area contributed by atoms with Crippen molar-refractivity contribution in [2.75, 3.05) is 13.1 Å². The Bertz CT molecular complexity index is 1140. The Morgan fingerprint density at radius 1 is 0.650 bits per heavy atom. The van der Waals surface area contributed by atoms with Crippen LogP contribution in [0.2, 0.25) is 0 Å². The van der Waals surface area contributed by atoms with Crippen molar-refractivity contribution < 1.29 is 4.79 Å². The lowest BCUT2D eigenvalue weighted by Crippen LogP contribution is -2.40. The van der Waals surface area contributed by atoms with E-state index in [0.717, 1.165) is 28.5 Å². The lowest BCUT2D eigenvalue weighted by Gasteiger charge is -2.28. The summed E-state index contributed by atoms with van der Waals surface area (Å²) in [5.41, 5.74) is 0.837. The highest BCUT2D eigenvalue weighted by atomic mass is 79.9. The van der Waals surface area contributed by atoms with Crippen LogP contribution in [0.1, 0.15) is 134 Å². The van der Waals surface area contributed by atoms with Crippen LogP contribution in [0, 0.1) is 0 Å². The van der Waals surface area contributed by atoms with Crippen LogP contribution in [-0.2, 0) is 0 Å². The molecule has 0 heterocycles. The summed E-state index contributed by atoms with van der Waals surface area (Å²) >= 11 is 3.74. The fraction of sp³-hybridized carbons (Fsp3) is 0.595. The van der Waals surface area contributed by atoms with E-state index >= 15 is 0 Å². The number of halogens is 1. The molecule has 1 atom stereocenters. The molecular weight excluding hydrogens is 554 g/mol. The quantitative estimate of drug-likeness (QED) is 0.0681. The summed E-state index contributed by atoms with van der Waals surface area (Å²) in [7, 11) is 0. The van der Waals surface area contributed by atoms with Gasteiger partial charge < -0.3 is 0 Å². The second kappa shape index (κ2) is 18.7. The zero-order chi connectivity index (χ0) is 28.6. The molecule has 3 heteroatoms. The molecule has 2 nitrogen and oxygen atoms in total. The molecule has 0 spiro atoms. The second-order valence-corrected chi connectivity index (χ2v) is 12.7. The Hall–Kier alpha value is -1.71.